The lowest BCUT2D eigenvalue weighted by atomic mass is 10.0. The number of rotatable bonds is 5. The summed E-state index contributed by atoms with van der Waals surface area (Å²) in [5, 5.41) is 14.0. The first-order valence-electron chi connectivity index (χ1n) is 8.83. The van der Waals surface area contributed by atoms with Crippen molar-refractivity contribution < 1.29 is 19.5 Å². The number of aliphatic carboxylic acids is 1. The molecule has 1 saturated heterocycles. The molecule has 0 radical (unpaired) electrons. The van der Waals surface area contributed by atoms with Crippen LogP contribution in [0.3, 0.4) is 0 Å². The molecule has 1 fully saturated rings. The monoisotopic (exact) mass is 354 g/mol. The van der Waals surface area contributed by atoms with Crippen LogP contribution in [-0.4, -0.2) is 40.9 Å². The molecule has 0 saturated carbocycles. The fourth-order valence-corrected chi connectivity index (χ4v) is 3.26. The summed E-state index contributed by atoms with van der Waals surface area (Å²) in [5.74, 6) is -1.63. The number of carboxylic acid groups (broad SMARTS) is 1. The summed E-state index contributed by atoms with van der Waals surface area (Å²) in [6, 6.07) is 11.8. The van der Waals surface area contributed by atoms with E-state index in [1.54, 1.807) is 12.1 Å². The molecule has 0 aromatic heterocycles. The summed E-state index contributed by atoms with van der Waals surface area (Å²) in [5.41, 5.74) is 0.506. The molecule has 26 heavy (non-hydrogen) atoms. The van der Waals surface area contributed by atoms with Gasteiger partial charge in [-0.3, -0.25) is 9.59 Å². The molecule has 0 spiro atoms. The van der Waals surface area contributed by atoms with Crippen molar-refractivity contribution >= 4 is 28.6 Å². The molecule has 3 rings (SSSR count). The summed E-state index contributed by atoms with van der Waals surface area (Å²) in [4.78, 5) is 37.6. The number of nitrogens with zero attached hydrogens (tertiary/aromatic N) is 1. The second kappa shape index (κ2) is 7.99. The van der Waals surface area contributed by atoms with E-state index in [-0.39, 0.29) is 12.5 Å². The van der Waals surface area contributed by atoms with E-state index >= 15 is 0 Å². The maximum atomic E-state index is 12.4. The van der Waals surface area contributed by atoms with Gasteiger partial charge >= 0.3 is 5.97 Å². The Morgan fingerprint density at radius 1 is 1.08 bits per heavy atom. The molecule has 6 heteroatoms. The van der Waals surface area contributed by atoms with Crippen LogP contribution in [0.4, 0.5) is 0 Å². The lowest BCUT2D eigenvalue weighted by molar-refractivity contribution is -0.142. The van der Waals surface area contributed by atoms with Gasteiger partial charge in [0.1, 0.15) is 0 Å². The lowest BCUT2D eigenvalue weighted by Gasteiger charge is -2.22. The fourth-order valence-electron chi connectivity index (χ4n) is 3.26. The number of carboxylic acids is 1. The van der Waals surface area contributed by atoms with Crippen molar-refractivity contribution in [1.82, 2.24) is 10.2 Å². The van der Waals surface area contributed by atoms with Crippen LogP contribution >= 0.6 is 0 Å². The summed E-state index contributed by atoms with van der Waals surface area (Å²) in [7, 11) is 0. The molecule has 0 bridgehead atoms. The number of nitrogens with one attached hydrogen (secondary N) is 1. The minimum absolute atomic E-state index is 0.0461. The van der Waals surface area contributed by atoms with Gasteiger partial charge in [0.2, 0.25) is 11.8 Å². The van der Waals surface area contributed by atoms with Crippen LogP contribution in [0.2, 0.25) is 0 Å². The Hall–Kier alpha value is -2.89. The third-order valence-corrected chi connectivity index (χ3v) is 4.66. The lowest BCUT2D eigenvalue weighted by Crippen LogP contribution is -2.43. The number of hydrogen-bond acceptors (Lipinski definition) is 3. The van der Waals surface area contributed by atoms with Gasteiger partial charge < -0.3 is 15.3 Å². The third-order valence-electron chi connectivity index (χ3n) is 4.66. The molecular weight excluding hydrogens is 332 g/mol. The Labute approximate surface area is 151 Å². The largest absolute Gasteiger partial charge is 0.479 e. The molecule has 0 aliphatic carbocycles. The topological polar surface area (TPSA) is 86.7 Å². The van der Waals surface area contributed by atoms with Crippen LogP contribution in [0.15, 0.2) is 42.5 Å². The minimum atomic E-state index is -1.14. The van der Waals surface area contributed by atoms with Gasteiger partial charge in [-0.2, -0.15) is 0 Å². The maximum Gasteiger partial charge on any atom is 0.330 e. The first-order valence-corrected chi connectivity index (χ1v) is 8.83. The van der Waals surface area contributed by atoms with Gasteiger partial charge in [0, 0.05) is 13.0 Å². The zero-order valence-electron chi connectivity index (χ0n) is 14.5. The number of hydrogen-bond donors (Lipinski definition) is 2. The second-order valence-electron chi connectivity index (χ2n) is 6.57. The average molecular weight is 354 g/mol. The van der Waals surface area contributed by atoms with E-state index in [1.807, 2.05) is 30.3 Å². The number of carbonyl (C=O) groups excluding carboxylic acids is 2. The van der Waals surface area contributed by atoms with Crippen LogP contribution in [0, 0.1) is 0 Å². The Bertz CT molecular complexity index is 833. The zero-order valence-corrected chi connectivity index (χ0v) is 14.5. The molecule has 1 aliphatic heterocycles. The number of amides is 2. The summed E-state index contributed by atoms with van der Waals surface area (Å²) >= 11 is 0. The van der Waals surface area contributed by atoms with E-state index in [9.17, 15) is 19.5 Å². The molecule has 6 nitrogen and oxygen atoms in total. The number of benzene rings is 2. The van der Waals surface area contributed by atoms with E-state index in [2.05, 4.69) is 5.32 Å². The summed E-state index contributed by atoms with van der Waals surface area (Å²) in [6.07, 6.45) is 3.12. The number of fused-ring (bicyclic) bond motifs is 1. The van der Waals surface area contributed by atoms with Gasteiger partial charge in [0.05, 0.1) is 6.54 Å². The van der Waals surface area contributed by atoms with Gasteiger partial charge in [0.25, 0.3) is 0 Å². The molecular formula is C20H22N2O4. The summed E-state index contributed by atoms with van der Waals surface area (Å²) in [6.45, 7) is 0.441. The van der Waals surface area contributed by atoms with Crippen molar-refractivity contribution in [3.05, 3.63) is 48.0 Å². The van der Waals surface area contributed by atoms with Crippen molar-refractivity contribution in [2.24, 2.45) is 0 Å². The standard InChI is InChI=1S/C20H22N2O4/c23-17(13-22-11-5-1-2-8-18(22)24)21-19(20(25)26)16-10-9-14-6-3-4-7-15(14)12-16/h3-4,6-7,9-10,12,19H,1-2,5,8,11,13H2,(H,21,23)(H,25,26). The van der Waals surface area contributed by atoms with Gasteiger partial charge in [-0.05, 0) is 35.2 Å². The molecule has 1 unspecified atom stereocenters. The van der Waals surface area contributed by atoms with Crippen molar-refractivity contribution in [2.45, 2.75) is 31.7 Å². The summed E-state index contributed by atoms with van der Waals surface area (Å²) < 4.78 is 0. The highest BCUT2D eigenvalue weighted by Crippen LogP contribution is 2.21. The van der Waals surface area contributed by atoms with Gasteiger partial charge in [-0.25, -0.2) is 4.79 Å². The highest BCUT2D eigenvalue weighted by Gasteiger charge is 2.25. The van der Waals surface area contributed by atoms with Gasteiger partial charge in [0.15, 0.2) is 6.04 Å². The minimum Gasteiger partial charge on any atom is -0.479 e. The Morgan fingerprint density at radius 2 is 1.85 bits per heavy atom. The van der Waals surface area contributed by atoms with E-state index in [4.69, 9.17) is 0 Å². The molecule has 1 aliphatic rings. The van der Waals surface area contributed by atoms with Crippen molar-refractivity contribution in [2.75, 3.05) is 13.1 Å². The van der Waals surface area contributed by atoms with Crippen LogP contribution in [0.1, 0.15) is 37.3 Å². The SMILES string of the molecule is O=C(CN1CCCCCC1=O)NC(C(=O)O)c1ccc2ccccc2c1. The molecule has 2 amide bonds. The molecule has 1 atom stereocenters. The molecule has 1 heterocycles. The first kappa shape index (κ1) is 17.9. The number of carbonyl (C=O) groups is 3. The smallest absolute Gasteiger partial charge is 0.330 e. The van der Waals surface area contributed by atoms with Crippen molar-refractivity contribution in [3.8, 4) is 0 Å². The Kier molecular flexibility index (Phi) is 5.51. The van der Waals surface area contributed by atoms with Crippen LogP contribution in [0.25, 0.3) is 10.8 Å². The predicted molar refractivity (Wildman–Crippen MR) is 97.5 cm³/mol. The Balaban J connectivity index is 1.74. The van der Waals surface area contributed by atoms with Crippen molar-refractivity contribution in [1.29, 1.82) is 0 Å². The predicted octanol–water partition coefficient (Wildman–Crippen LogP) is 2.48. The third kappa shape index (κ3) is 4.20. The highest BCUT2D eigenvalue weighted by molar-refractivity contribution is 5.90. The zero-order chi connectivity index (χ0) is 18.5. The Morgan fingerprint density at radius 3 is 2.62 bits per heavy atom. The van der Waals surface area contributed by atoms with Crippen LogP contribution in [-0.2, 0) is 14.4 Å². The average Bonchev–Trinajstić information content (AvgIpc) is 2.83. The van der Waals surface area contributed by atoms with E-state index in [1.165, 1.54) is 4.90 Å². The van der Waals surface area contributed by atoms with Crippen molar-refractivity contribution in [3.63, 3.8) is 0 Å². The number of likely N-dealkylation sites (tertiary alicyclic amines) is 1. The van der Waals surface area contributed by atoms with E-state index in [0.29, 0.717) is 18.5 Å². The van der Waals surface area contributed by atoms with E-state index in [0.717, 1.165) is 30.0 Å². The van der Waals surface area contributed by atoms with Gasteiger partial charge in [-0.1, -0.05) is 42.8 Å². The molecule has 136 valence electrons. The molecule has 2 aromatic carbocycles. The molecule has 2 N–H and O–H groups in total. The van der Waals surface area contributed by atoms with Crippen LogP contribution in [0.5, 0.6) is 0 Å². The fraction of sp³-hybridized carbons (Fsp3) is 0.350. The highest BCUT2D eigenvalue weighted by atomic mass is 16.4. The first-order chi connectivity index (χ1) is 12.5. The van der Waals surface area contributed by atoms with E-state index < -0.39 is 17.9 Å². The normalized spacial score (nSPS) is 16.2. The van der Waals surface area contributed by atoms with Crippen LogP contribution < -0.4 is 5.32 Å². The second-order valence-corrected chi connectivity index (χ2v) is 6.57. The molecule has 2 aromatic rings. The van der Waals surface area contributed by atoms with Gasteiger partial charge in [-0.15, -0.1) is 0 Å². The quantitative estimate of drug-likeness (QED) is 0.864. The maximum absolute atomic E-state index is 12.4.